The minimum Gasteiger partial charge on any atom is -0.342 e. The van der Waals surface area contributed by atoms with Crippen LogP contribution in [0.4, 0.5) is 13.2 Å². The minimum atomic E-state index is -4.74. The molecule has 0 unspecified atom stereocenters. The third-order valence-electron chi connectivity index (χ3n) is 6.59. The number of nitrogens with zero attached hydrogens (tertiary/aromatic N) is 5. The molecule has 0 saturated carbocycles. The monoisotopic (exact) mass is 477 g/mol. The molecule has 1 aromatic carbocycles. The minimum absolute atomic E-state index is 0.0838. The fourth-order valence-corrected chi connectivity index (χ4v) is 4.65. The predicted molar refractivity (Wildman–Crippen MR) is 121 cm³/mol. The number of para-hydroxylation sites is 1. The second-order valence-corrected chi connectivity index (χ2v) is 8.97. The molecule has 1 aromatic heterocycles. The van der Waals surface area contributed by atoms with Crippen LogP contribution in [0.5, 0.6) is 0 Å². The number of aromatic nitrogens is 2. The summed E-state index contributed by atoms with van der Waals surface area (Å²) in [5.41, 5.74) is -0.612. The number of alkyl halides is 3. The Morgan fingerprint density at radius 1 is 0.912 bits per heavy atom. The van der Waals surface area contributed by atoms with E-state index in [9.17, 15) is 22.8 Å². The van der Waals surface area contributed by atoms with Crippen molar-refractivity contribution in [3.8, 4) is 5.69 Å². The van der Waals surface area contributed by atoms with Gasteiger partial charge in [0, 0.05) is 39.3 Å². The Balaban J connectivity index is 1.44. The van der Waals surface area contributed by atoms with Gasteiger partial charge in [-0.2, -0.15) is 18.3 Å². The maximum Gasteiger partial charge on any atom is 0.434 e. The molecule has 2 aliphatic heterocycles. The van der Waals surface area contributed by atoms with Crippen molar-refractivity contribution in [2.75, 3.05) is 45.8 Å². The zero-order valence-electron chi connectivity index (χ0n) is 19.4. The lowest BCUT2D eigenvalue weighted by Gasteiger charge is -2.35. The quantitative estimate of drug-likeness (QED) is 0.678. The maximum absolute atomic E-state index is 14.0. The van der Waals surface area contributed by atoms with Gasteiger partial charge in [-0.25, -0.2) is 4.68 Å². The van der Waals surface area contributed by atoms with E-state index in [0.717, 1.165) is 49.7 Å². The van der Waals surface area contributed by atoms with E-state index in [1.807, 2.05) is 9.80 Å². The maximum atomic E-state index is 14.0. The highest BCUT2D eigenvalue weighted by Gasteiger charge is 2.42. The average Bonchev–Trinajstić information content (AvgIpc) is 3.07. The number of halogens is 3. The average molecular weight is 478 g/mol. The van der Waals surface area contributed by atoms with Crippen molar-refractivity contribution in [2.24, 2.45) is 0 Å². The number of piperazine rings is 1. The van der Waals surface area contributed by atoms with Crippen molar-refractivity contribution in [3.63, 3.8) is 0 Å². The summed E-state index contributed by atoms with van der Waals surface area (Å²) < 4.78 is 42.9. The largest absolute Gasteiger partial charge is 0.434 e. The SMILES string of the molecule is Cc1ccccc1-n1ncc(C(=O)N2CCN(CC(=O)N3CCCCCC3)CC2)c1C(F)(F)F. The summed E-state index contributed by atoms with van der Waals surface area (Å²) >= 11 is 0. The molecule has 34 heavy (non-hydrogen) atoms. The first-order valence-electron chi connectivity index (χ1n) is 11.8. The summed E-state index contributed by atoms with van der Waals surface area (Å²) in [5, 5.41) is 3.93. The first-order chi connectivity index (χ1) is 16.3. The van der Waals surface area contributed by atoms with Gasteiger partial charge < -0.3 is 9.80 Å². The molecule has 0 spiro atoms. The Kier molecular flexibility index (Phi) is 7.25. The van der Waals surface area contributed by atoms with E-state index in [1.54, 1.807) is 31.2 Å². The molecular formula is C24H30F3N5O2. The number of amides is 2. The highest BCUT2D eigenvalue weighted by molar-refractivity contribution is 5.95. The van der Waals surface area contributed by atoms with Crippen LogP contribution in [0, 0.1) is 6.92 Å². The molecule has 3 heterocycles. The second kappa shape index (κ2) is 10.2. The Bertz CT molecular complexity index is 1020. The van der Waals surface area contributed by atoms with Crippen LogP contribution in [-0.2, 0) is 11.0 Å². The molecule has 2 saturated heterocycles. The van der Waals surface area contributed by atoms with Crippen LogP contribution in [0.1, 0.15) is 47.3 Å². The lowest BCUT2D eigenvalue weighted by atomic mass is 10.1. The summed E-state index contributed by atoms with van der Waals surface area (Å²) in [6.07, 6.45) is 0.589. The molecule has 10 heteroatoms. The van der Waals surface area contributed by atoms with E-state index in [-0.39, 0.29) is 31.2 Å². The first kappa shape index (κ1) is 24.3. The lowest BCUT2D eigenvalue weighted by molar-refractivity contribution is -0.143. The van der Waals surface area contributed by atoms with Gasteiger partial charge in [0.15, 0.2) is 5.69 Å². The fraction of sp³-hybridized carbons (Fsp3) is 0.542. The molecule has 2 aromatic rings. The number of carbonyl (C=O) groups is 2. The lowest BCUT2D eigenvalue weighted by Crippen LogP contribution is -2.51. The Morgan fingerprint density at radius 2 is 1.56 bits per heavy atom. The van der Waals surface area contributed by atoms with Crippen LogP contribution >= 0.6 is 0 Å². The Hall–Kier alpha value is -2.88. The molecule has 2 amide bonds. The molecule has 7 nitrogen and oxygen atoms in total. The number of rotatable bonds is 4. The molecule has 0 aliphatic carbocycles. The Morgan fingerprint density at radius 3 is 2.18 bits per heavy atom. The summed E-state index contributed by atoms with van der Waals surface area (Å²) in [6, 6.07) is 6.62. The van der Waals surface area contributed by atoms with Crippen molar-refractivity contribution in [2.45, 2.75) is 38.8 Å². The highest BCUT2D eigenvalue weighted by Crippen LogP contribution is 2.35. The molecular weight excluding hydrogens is 447 g/mol. The number of likely N-dealkylation sites (tertiary alicyclic amines) is 1. The number of hydrogen-bond acceptors (Lipinski definition) is 4. The van der Waals surface area contributed by atoms with E-state index in [0.29, 0.717) is 18.7 Å². The van der Waals surface area contributed by atoms with Crippen molar-refractivity contribution in [1.29, 1.82) is 0 Å². The third-order valence-corrected chi connectivity index (χ3v) is 6.59. The van der Waals surface area contributed by atoms with Gasteiger partial charge in [0.1, 0.15) is 0 Å². The van der Waals surface area contributed by atoms with Crippen molar-refractivity contribution < 1.29 is 22.8 Å². The number of aryl methyl sites for hydroxylation is 1. The molecule has 2 fully saturated rings. The topological polar surface area (TPSA) is 61.7 Å². The van der Waals surface area contributed by atoms with Crippen LogP contribution in [0.3, 0.4) is 0 Å². The highest BCUT2D eigenvalue weighted by atomic mass is 19.4. The molecule has 0 bridgehead atoms. The van der Waals surface area contributed by atoms with Gasteiger partial charge in [0.2, 0.25) is 5.91 Å². The van der Waals surface area contributed by atoms with E-state index < -0.39 is 23.3 Å². The number of carbonyl (C=O) groups excluding carboxylic acids is 2. The van der Waals surface area contributed by atoms with Crippen molar-refractivity contribution in [3.05, 3.63) is 47.3 Å². The van der Waals surface area contributed by atoms with Crippen LogP contribution in [0.2, 0.25) is 0 Å². The Labute approximate surface area is 197 Å². The summed E-state index contributed by atoms with van der Waals surface area (Å²) in [4.78, 5) is 31.0. The zero-order chi connectivity index (χ0) is 24.3. The van der Waals surface area contributed by atoms with Crippen molar-refractivity contribution >= 4 is 11.8 Å². The van der Waals surface area contributed by atoms with Crippen LogP contribution < -0.4 is 0 Å². The summed E-state index contributed by atoms with van der Waals surface area (Å²) in [6.45, 7) is 4.95. The van der Waals surface area contributed by atoms with Crippen LogP contribution in [-0.4, -0.2) is 82.1 Å². The standard InChI is InChI=1S/C24H30F3N5O2/c1-18-8-4-5-9-20(18)32-22(24(25,26)27)19(16-28-32)23(34)31-14-12-29(13-15-31)17-21(33)30-10-6-2-3-7-11-30/h4-5,8-9,16H,2-3,6-7,10-15,17H2,1H3. The molecule has 2 aliphatic rings. The van der Waals surface area contributed by atoms with Gasteiger partial charge in [-0.05, 0) is 31.4 Å². The van der Waals surface area contributed by atoms with E-state index in [4.69, 9.17) is 0 Å². The first-order valence-corrected chi connectivity index (χ1v) is 11.8. The van der Waals surface area contributed by atoms with Crippen molar-refractivity contribution in [1.82, 2.24) is 24.5 Å². The van der Waals surface area contributed by atoms with Crippen LogP contribution in [0.15, 0.2) is 30.5 Å². The van der Waals surface area contributed by atoms with Crippen LogP contribution in [0.25, 0.3) is 5.69 Å². The zero-order valence-corrected chi connectivity index (χ0v) is 19.4. The van der Waals surface area contributed by atoms with E-state index in [1.165, 1.54) is 4.90 Å². The van der Waals surface area contributed by atoms with Gasteiger partial charge in [-0.3, -0.25) is 14.5 Å². The molecule has 0 atom stereocenters. The summed E-state index contributed by atoms with van der Waals surface area (Å²) in [5.74, 6) is -0.605. The second-order valence-electron chi connectivity index (χ2n) is 8.97. The van der Waals surface area contributed by atoms with Gasteiger partial charge in [0.05, 0.1) is 24.0 Å². The molecule has 4 rings (SSSR count). The van der Waals surface area contributed by atoms with E-state index in [2.05, 4.69) is 5.10 Å². The molecule has 184 valence electrons. The van der Waals surface area contributed by atoms with Gasteiger partial charge in [-0.15, -0.1) is 0 Å². The smallest absolute Gasteiger partial charge is 0.342 e. The van der Waals surface area contributed by atoms with Gasteiger partial charge in [-0.1, -0.05) is 31.0 Å². The van der Waals surface area contributed by atoms with Gasteiger partial charge in [0.25, 0.3) is 5.91 Å². The molecule has 0 N–H and O–H groups in total. The normalized spacial score (nSPS) is 18.1. The number of benzene rings is 1. The molecule has 0 radical (unpaired) electrons. The number of hydrogen-bond donors (Lipinski definition) is 0. The summed E-state index contributed by atoms with van der Waals surface area (Å²) in [7, 11) is 0. The third kappa shape index (κ3) is 5.27. The fourth-order valence-electron chi connectivity index (χ4n) is 4.65. The predicted octanol–water partition coefficient (Wildman–Crippen LogP) is 3.36. The van der Waals surface area contributed by atoms with Gasteiger partial charge >= 0.3 is 6.18 Å². The van der Waals surface area contributed by atoms with E-state index >= 15 is 0 Å².